The minimum atomic E-state index is -1.29. The van der Waals surface area contributed by atoms with Crippen LogP contribution in [0.2, 0.25) is 0 Å². The van der Waals surface area contributed by atoms with E-state index in [0.717, 1.165) is 10.8 Å². The van der Waals surface area contributed by atoms with E-state index in [0.29, 0.717) is 17.9 Å². The summed E-state index contributed by atoms with van der Waals surface area (Å²) in [6.07, 6.45) is 2.08. The van der Waals surface area contributed by atoms with E-state index >= 15 is 0 Å². The molecule has 2 aromatic carbocycles. The van der Waals surface area contributed by atoms with Crippen LogP contribution in [0.25, 0.3) is 10.8 Å². The van der Waals surface area contributed by atoms with Crippen molar-refractivity contribution in [3.63, 3.8) is 0 Å². The maximum absolute atomic E-state index is 12.4. The summed E-state index contributed by atoms with van der Waals surface area (Å²) in [6.45, 7) is 0. The normalized spacial score (nSPS) is 32.2. The number of carbonyl (C=O) groups excluding carboxylic acids is 1. The van der Waals surface area contributed by atoms with Gasteiger partial charge in [-0.05, 0) is 30.0 Å². The lowest BCUT2D eigenvalue weighted by Crippen LogP contribution is -2.62. The molecule has 0 aromatic heterocycles. The molecule has 2 aliphatic carbocycles. The molecule has 1 fully saturated rings. The van der Waals surface area contributed by atoms with Gasteiger partial charge in [0.25, 0.3) is 5.79 Å². The quantitative estimate of drug-likeness (QED) is 0.720. The first kappa shape index (κ1) is 14.9. The lowest BCUT2D eigenvalue weighted by molar-refractivity contribution is -0.195. The number of carbonyl (C=O) groups is 1. The highest BCUT2D eigenvalue weighted by atomic mass is 16.7. The lowest BCUT2D eigenvalue weighted by atomic mass is 9.66. The summed E-state index contributed by atoms with van der Waals surface area (Å²) < 4.78 is 12.5. The molecule has 2 N–H and O–H groups in total. The molecule has 0 unspecified atom stereocenters. The van der Waals surface area contributed by atoms with Gasteiger partial charge in [0.15, 0.2) is 0 Å². The van der Waals surface area contributed by atoms with E-state index in [1.807, 2.05) is 36.4 Å². The summed E-state index contributed by atoms with van der Waals surface area (Å²) in [5.74, 6) is -1.41. The molecule has 1 aliphatic heterocycles. The van der Waals surface area contributed by atoms with Crippen LogP contribution in [0, 0.1) is 11.8 Å². The monoisotopic (exact) mass is 338 g/mol. The van der Waals surface area contributed by atoms with Crippen LogP contribution in [-0.2, 0) is 4.79 Å². The Kier molecular flexibility index (Phi) is 3.03. The topological polar surface area (TPSA) is 76.0 Å². The Balaban J connectivity index is 1.69. The van der Waals surface area contributed by atoms with Crippen LogP contribution in [0.5, 0.6) is 11.5 Å². The molecule has 0 amide bonds. The third kappa shape index (κ3) is 2.00. The summed E-state index contributed by atoms with van der Waals surface area (Å²) in [6, 6.07) is 11.5. The molecule has 1 heterocycles. The van der Waals surface area contributed by atoms with Crippen molar-refractivity contribution < 1.29 is 24.5 Å². The molecule has 128 valence electrons. The zero-order valence-electron chi connectivity index (χ0n) is 13.5. The number of benzene rings is 2. The van der Waals surface area contributed by atoms with Crippen molar-refractivity contribution in [3.05, 3.63) is 48.6 Å². The Bertz CT molecular complexity index is 861. The molecule has 4 atom stereocenters. The lowest BCUT2D eigenvalue weighted by Gasteiger charge is -2.50. The van der Waals surface area contributed by atoms with Gasteiger partial charge in [0.1, 0.15) is 17.3 Å². The molecule has 5 heteroatoms. The van der Waals surface area contributed by atoms with Gasteiger partial charge in [0.2, 0.25) is 0 Å². The Morgan fingerprint density at radius 1 is 1.04 bits per heavy atom. The second-order valence-electron chi connectivity index (χ2n) is 7.01. The van der Waals surface area contributed by atoms with E-state index in [4.69, 9.17) is 9.47 Å². The van der Waals surface area contributed by atoms with Gasteiger partial charge in [0.05, 0.1) is 29.4 Å². The molecular weight excluding hydrogens is 320 g/mol. The van der Waals surface area contributed by atoms with Gasteiger partial charge in [-0.2, -0.15) is 0 Å². The fourth-order valence-corrected chi connectivity index (χ4v) is 4.47. The molecule has 0 bridgehead atoms. The summed E-state index contributed by atoms with van der Waals surface area (Å²) in [4.78, 5) is 12.4. The van der Waals surface area contributed by atoms with Crippen LogP contribution in [-0.4, -0.2) is 34.0 Å². The number of aliphatic hydroxyl groups is 2. The van der Waals surface area contributed by atoms with Crippen LogP contribution < -0.4 is 9.47 Å². The number of hydrogen-bond donors (Lipinski definition) is 2. The summed E-state index contributed by atoms with van der Waals surface area (Å²) in [5.41, 5.74) is 0. The van der Waals surface area contributed by atoms with Crippen molar-refractivity contribution in [2.24, 2.45) is 11.8 Å². The maximum atomic E-state index is 12.4. The number of ether oxygens (including phenoxy) is 2. The Labute approximate surface area is 144 Å². The van der Waals surface area contributed by atoms with Gasteiger partial charge in [-0.15, -0.1) is 0 Å². The Hall–Kier alpha value is -2.37. The van der Waals surface area contributed by atoms with E-state index < -0.39 is 29.8 Å². The number of Topliss-reactive ketones (excluding diaryl/α,β-unsaturated/α-hetero) is 1. The van der Waals surface area contributed by atoms with Crippen molar-refractivity contribution >= 4 is 16.6 Å². The molecular formula is C20H18O5. The number of aliphatic hydroxyl groups excluding tert-OH is 2. The Morgan fingerprint density at radius 3 is 2.40 bits per heavy atom. The van der Waals surface area contributed by atoms with Gasteiger partial charge in [-0.25, -0.2) is 0 Å². The fraction of sp³-hybridized carbons (Fsp3) is 0.350. The number of ketones is 1. The minimum Gasteiger partial charge on any atom is -0.448 e. The molecule has 25 heavy (non-hydrogen) atoms. The molecule has 0 radical (unpaired) electrons. The average Bonchev–Trinajstić information content (AvgIpc) is 2.61. The van der Waals surface area contributed by atoms with Gasteiger partial charge in [0, 0.05) is 6.42 Å². The largest absolute Gasteiger partial charge is 0.448 e. The van der Waals surface area contributed by atoms with E-state index in [1.165, 1.54) is 0 Å². The van der Waals surface area contributed by atoms with E-state index in [9.17, 15) is 15.0 Å². The number of hydrogen-bond acceptors (Lipinski definition) is 5. The van der Waals surface area contributed by atoms with Crippen LogP contribution >= 0.6 is 0 Å². The highest BCUT2D eigenvalue weighted by Gasteiger charge is 2.58. The smallest absolute Gasteiger partial charge is 0.277 e. The minimum absolute atomic E-state index is 0.0595. The first-order valence-electron chi connectivity index (χ1n) is 8.57. The summed E-state index contributed by atoms with van der Waals surface area (Å²) in [5, 5.41) is 22.8. The van der Waals surface area contributed by atoms with Crippen molar-refractivity contribution in [2.75, 3.05) is 0 Å². The third-order valence-electron chi connectivity index (χ3n) is 5.59. The van der Waals surface area contributed by atoms with Crippen LogP contribution in [0.4, 0.5) is 0 Å². The molecule has 2 aromatic rings. The van der Waals surface area contributed by atoms with E-state index in [1.54, 1.807) is 12.2 Å². The molecule has 1 saturated carbocycles. The van der Waals surface area contributed by atoms with Gasteiger partial charge < -0.3 is 19.7 Å². The van der Waals surface area contributed by atoms with Crippen LogP contribution in [0.15, 0.2) is 48.6 Å². The van der Waals surface area contributed by atoms with Crippen molar-refractivity contribution in [3.8, 4) is 11.5 Å². The molecule has 3 aliphatic rings. The van der Waals surface area contributed by atoms with Crippen molar-refractivity contribution in [1.82, 2.24) is 0 Å². The van der Waals surface area contributed by atoms with Crippen LogP contribution in [0.3, 0.4) is 0 Å². The molecule has 5 nitrogen and oxygen atoms in total. The zero-order valence-corrected chi connectivity index (χ0v) is 13.5. The highest BCUT2D eigenvalue weighted by Crippen LogP contribution is 2.50. The second-order valence-corrected chi connectivity index (χ2v) is 7.01. The maximum Gasteiger partial charge on any atom is 0.277 e. The summed E-state index contributed by atoms with van der Waals surface area (Å²) >= 11 is 0. The molecule has 1 spiro atoms. The first-order chi connectivity index (χ1) is 12.1. The van der Waals surface area contributed by atoms with E-state index in [-0.39, 0.29) is 12.2 Å². The highest BCUT2D eigenvalue weighted by molar-refractivity contribution is 5.94. The molecule has 5 rings (SSSR count). The van der Waals surface area contributed by atoms with Crippen molar-refractivity contribution in [2.45, 2.75) is 30.8 Å². The van der Waals surface area contributed by atoms with Gasteiger partial charge in [-0.1, -0.05) is 30.3 Å². The SMILES string of the molecule is O=C1CC[C@@H](O)[C@@H]2[C@@H]1[C@@H](O)C=CC21Oc2cccc3cccc(c23)O1. The predicted octanol–water partition coefficient (Wildman–Crippen LogP) is 2.19. The summed E-state index contributed by atoms with van der Waals surface area (Å²) in [7, 11) is 0. The van der Waals surface area contributed by atoms with Crippen molar-refractivity contribution in [1.29, 1.82) is 0 Å². The van der Waals surface area contributed by atoms with Crippen LogP contribution in [0.1, 0.15) is 12.8 Å². The average molecular weight is 338 g/mol. The fourth-order valence-electron chi connectivity index (χ4n) is 4.47. The predicted molar refractivity (Wildman–Crippen MR) is 90.3 cm³/mol. The van der Waals surface area contributed by atoms with E-state index in [2.05, 4.69) is 0 Å². The molecule has 0 saturated heterocycles. The number of rotatable bonds is 0. The Morgan fingerprint density at radius 2 is 1.72 bits per heavy atom. The zero-order chi connectivity index (χ0) is 17.2. The van der Waals surface area contributed by atoms with Gasteiger partial charge in [-0.3, -0.25) is 4.79 Å². The second kappa shape index (κ2) is 5.07. The standard InChI is InChI=1S/C20H18O5/c21-12-7-8-14(23)19-18(12)13(22)9-10-20(19)24-15-5-1-3-11-4-2-6-16(25-20)17(11)15/h1-6,9-10,13-14,18-19,22-23H,7-8H2/t13-,14+,18-,19+/m0/s1. The first-order valence-corrected chi connectivity index (χ1v) is 8.57. The number of fused-ring (bicyclic) bond motifs is 2. The third-order valence-corrected chi connectivity index (χ3v) is 5.59. The van der Waals surface area contributed by atoms with Gasteiger partial charge >= 0.3 is 0 Å².